The number of nitrogens with zero attached hydrogens (tertiary/aromatic N) is 5. The summed E-state index contributed by atoms with van der Waals surface area (Å²) in [5, 5.41) is 24.5. The molecule has 0 spiro atoms. The molecule has 1 atom stereocenters. The van der Waals surface area contributed by atoms with Crippen LogP contribution >= 0.6 is 23.8 Å². The first-order valence-electron chi connectivity index (χ1n) is 12.7. The van der Waals surface area contributed by atoms with Crippen LogP contribution in [0.2, 0.25) is 5.02 Å². The van der Waals surface area contributed by atoms with Gasteiger partial charge in [-0.15, -0.1) is 10.2 Å². The predicted octanol–water partition coefficient (Wildman–Crippen LogP) is 7.27. The highest BCUT2D eigenvalue weighted by Crippen LogP contribution is 2.39. The fourth-order valence-electron chi connectivity index (χ4n) is 5.04. The number of nitrogens with one attached hydrogen (secondary N) is 1. The van der Waals surface area contributed by atoms with Crippen molar-refractivity contribution in [1.82, 2.24) is 9.47 Å². The molecule has 1 aromatic heterocycles. The highest BCUT2D eigenvalue weighted by Gasteiger charge is 2.26. The van der Waals surface area contributed by atoms with Crippen molar-refractivity contribution >= 4 is 56.9 Å². The van der Waals surface area contributed by atoms with E-state index in [1.165, 1.54) is 11.3 Å². The van der Waals surface area contributed by atoms with Gasteiger partial charge < -0.3 is 15.3 Å². The zero-order chi connectivity index (χ0) is 26.8. The molecule has 4 aromatic rings. The number of aryl methyl sites for hydroxylation is 1. The fourth-order valence-corrected chi connectivity index (χ4v) is 5.37. The maximum absolute atomic E-state index is 11.2. The van der Waals surface area contributed by atoms with Crippen molar-refractivity contribution in [2.45, 2.75) is 33.5 Å². The molecule has 7 nitrogen and oxygen atoms in total. The Labute approximate surface area is 233 Å². The standard InChI is InChI=1S/C29H31ClN6OS/c1-19-8-6-9-22(16-19)35-15-14-34(17-20(35)2)18-36-26-13-5-4-10-23(26)27(28(36)37)32-33-29(38)31-25-12-7-11-24(30)21(25)3/h4-13,16,20,37H,14-15,17-18H2,1-3H3,(H,31,38)/t20-/m1/s1. The molecule has 1 saturated heterocycles. The van der Waals surface area contributed by atoms with Crippen LogP contribution in [0.25, 0.3) is 10.9 Å². The van der Waals surface area contributed by atoms with Gasteiger partial charge in [0.25, 0.3) is 0 Å². The maximum Gasteiger partial charge on any atom is 0.221 e. The maximum atomic E-state index is 11.2. The van der Waals surface area contributed by atoms with Gasteiger partial charge in [0, 0.05) is 47.5 Å². The number of hydrogen-bond acceptors (Lipinski definition) is 5. The first-order chi connectivity index (χ1) is 18.3. The second-order valence-corrected chi connectivity index (χ2v) is 10.6. The number of aromatic hydroxyl groups is 1. The van der Waals surface area contributed by atoms with Crippen LogP contribution in [0.15, 0.2) is 77.0 Å². The van der Waals surface area contributed by atoms with E-state index in [-0.39, 0.29) is 11.0 Å². The Balaban J connectivity index is 1.34. The number of aromatic nitrogens is 1. The molecule has 1 aliphatic heterocycles. The van der Waals surface area contributed by atoms with Gasteiger partial charge in [0.1, 0.15) is 0 Å². The van der Waals surface area contributed by atoms with E-state index in [2.05, 4.69) is 63.5 Å². The number of fused-ring (bicyclic) bond motifs is 1. The molecule has 1 aliphatic rings. The molecule has 3 aromatic carbocycles. The van der Waals surface area contributed by atoms with Crippen molar-refractivity contribution < 1.29 is 5.11 Å². The lowest BCUT2D eigenvalue weighted by atomic mass is 10.1. The van der Waals surface area contributed by atoms with Crippen LogP contribution in [0.1, 0.15) is 18.1 Å². The second-order valence-electron chi connectivity index (χ2n) is 9.76. The first-order valence-corrected chi connectivity index (χ1v) is 13.4. The molecule has 5 rings (SSSR count). The molecule has 38 heavy (non-hydrogen) atoms. The second kappa shape index (κ2) is 11.1. The van der Waals surface area contributed by atoms with Crippen molar-refractivity contribution in [1.29, 1.82) is 0 Å². The Hall–Kier alpha value is -3.46. The topological polar surface area (TPSA) is 68.4 Å². The molecule has 0 aliphatic carbocycles. The Bertz CT molecular complexity index is 1520. The SMILES string of the molecule is Cc1cccc(N2CCN(Cn3c(O)c(N=NC(=S)Nc4cccc(Cl)c4C)c4ccccc43)C[C@H]2C)c1. The zero-order valence-electron chi connectivity index (χ0n) is 21.7. The third-order valence-corrected chi connectivity index (χ3v) is 7.65. The molecule has 9 heteroatoms. The summed E-state index contributed by atoms with van der Waals surface area (Å²) in [5.74, 6) is 0.0745. The summed E-state index contributed by atoms with van der Waals surface area (Å²) < 4.78 is 1.90. The van der Waals surface area contributed by atoms with Gasteiger partial charge in [-0.3, -0.25) is 9.47 Å². The fraction of sp³-hybridized carbons (Fsp3) is 0.276. The zero-order valence-corrected chi connectivity index (χ0v) is 23.3. The molecule has 0 saturated carbocycles. The highest BCUT2D eigenvalue weighted by molar-refractivity contribution is 7.80. The van der Waals surface area contributed by atoms with Crippen LogP contribution < -0.4 is 10.2 Å². The summed E-state index contributed by atoms with van der Waals surface area (Å²) in [4.78, 5) is 4.81. The molecule has 196 valence electrons. The minimum Gasteiger partial charge on any atom is -0.493 e. The number of benzene rings is 3. The molecular formula is C29H31ClN6OS. The summed E-state index contributed by atoms with van der Waals surface area (Å²) in [6.45, 7) is 9.51. The van der Waals surface area contributed by atoms with E-state index in [1.807, 2.05) is 54.0 Å². The molecule has 0 unspecified atom stereocenters. The third-order valence-electron chi connectivity index (χ3n) is 7.05. The first kappa shape index (κ1) is 26.2. The monoisotopic (exact) mass is 546 g/mol. The Morgan fingerprint density at radius 3 is 2.66 bits per heavy atom. The van der Waals surface area contributed by atoms with Gasteiger partial charge in [-0.1, -0.05) is 48.0 Å². The van der Waals surface area contributed by atoms with E-state index in [4.69, 9.17) is 23.8 Å². The Kier molecular flexibility index (Phi) is 7.65. The van der Waals surface area contributed by atoms with Crippen molar-refractivity contribution in [3.8, 4) is 5.88 Å². The van der Waals surface area contributed by atoms with Crippen LogP contribution in [-0.4, -0.2) is 45.4 Å². The molecule has 0 bridgehead atoms. The van der Waals surface area contributed by atoms with E-state index in [0.29, 0.717) is 23.4 Å². The van der Waals surface area contributed by atoms with Crippen LogP contribution in [0, 0.1) is 13.8 Å². The van der Waals surface area contributed by atoms with Crippen molar-refractivity contribution in [3.05, 3.63) is 82.9 Å². The van der Waals surface area contributed by atoms with Gasteiger partial charge in [-0.25, -0.2) is 0 Å². The minimum atomic E-state index is 0.0745. The lowest BCUT2D eigenvalue weighted by Crippen LogP contribution is -2.52. The Morgan fingerprint density at radius 2 is 1.87 bits per heavy atom. The predicted molar refractivity (Wildman–Crippen MR) is 160 cm³/mol. The summed E-state index contributed by atoms with van der Waals surface area (Å²) in [6, 6.07) is 22.4. The highest BCUT2D eigenvalue weighted by atomic mass is 35.5. The molecule has 2 N–H and O–H groups in total. The number of piperazine rings is 1. The average Bonchev–Trinajstić information content (AvgIpc) is 3.16. The lowest BCUT2D eigenvalue weighted by molar-refractivity contribution is 0.179. The smallest absolute Gasteiger partial charge is 0.221 e. The minimum absolute atomic E-state index is 0.0745. The lowest BCUT2D eigenvalue weighted by Gasteiger charge is -2.41. The normalized spacial score (nSPS) is 16.4. The quantitative estimate of drug-likeness (QED) is 0.203. The summed E-state index contributed by atoms with van der Waals surface area (Å²) >= 11 is 11.6. The van der Waals surface area contributed by atoms with Crippen LogP contribution in [0.3, 0.4) is 0 Å². The summed E-state index contributed by atoms with van der Waals surface area (Å²) in [6.07, 6.45) is 0. The van der Waals surface area contributed by atoms with E-state index in [1.54, 1.807) is 0 Å². The number of hydrogen-bond donors (Lipinski definition) is 2. The van der Waals surface area contributed by atoms with Crippen LogP contribution in [-0.2, 0) is 6.67 Å². The molecule has 2 heterocycles. The number of thiocarbonyl (C=S) groups is 1. The van der Waals surface area contributed by atoms with Gasteiger partial charge in [0.15, 0.2) is 5.69 Å². The Morgan fingerprint density at radius 1 is 1.08 bits per heavy atom. The van der Waals surface area contributed by atoms with Crippen molar-refractivity contribution in [3.63, 3.8) is 0 Å². The molecule has 0 radical (unpaired) electrons. The molecule has 0 amide bonds. The number of rotatable bonds is 5. The molecule has 1 fully saturated rings. The van der Waals surface area contributed by atoms with Crippen molar-refractivity contribution in [2.75, 3.05) is 29.9 Å². The summed E-state index contributed by atoms with van der Waals surface area (Å²) in [5.41, 5.74) is 5.47. The van der Waals surface area contributed by atoms with E-state index in [0.717, 1.165) is 41.8 Å². The number of azo groups is 1. The van der Waals surface area contributed by atoms with Gasteiger partial charge >= 0.3 is 0 Å². The number of para-hydroxylation sites is 1. The van der Waals surface area contributed by atoms with Crippen LogP contribution in [0.4, 0.5) is 17.1 Å². The van der Waals surface area contributed by atoms with Crippen molar-refractivity contribution in [2.24, 2.45) is 10.2 Å². The van der Waals surface area contributed by atoms with E-state index < -0.39 is 0 Å². The van der Waals surface area contributed by atoms with Gasteiger partial charge in [0.05, 0.1) is 12.2 Å². The number of anilines is 2. The van der Waals surface area contributed by atoms with Gasteiger partial charge in [-0.2, -0.15) is 0 Å². The van der Waals surface area contributed by atoms with Gasteiger partial charge in [-0.05, 0) is 74.4 Å². The summed E-state index contributed by atoms with van der Waals surface area (Å²) in [7, 11) is 0. The van der Waals surface area contributed by atoms with E-state index in [9.17, 15) is 5.11 Å². The largest absolute Gasteiger partial charge is 0.493 e. The molecular weight excluding hydrogens is 516 g/mol. The van der Waals surface area contributed by atoms with Gasteiger partial charge in [0.2, 0.25) is 11.0 Å². The number of halogens is 1. The van der Waals surface area contributed by atoms with E-state index >= 15 is 0 Å². The van der Waals surface area contributed by atoms with Crippen LogP contribution in [0.5, 0.6) is 5.88 Å². The third kappa shape index (κ3) is 5.38. The average molecular weight is 547 g/mol.